The Balaban J connectivity index is 2.95. The van der Waals surface area contributed by atoms with E-state index in [-0.39, 0.29) is 15.6 Å². The van der Waals surface area contributed by atoms with Gasteiger partial charge in [-0.05, 0) is 20.8 Å². The summed E-state index contributed by atoms with van der Waals surface area (Å²) in [7, 11) is -3.65. The number of H-pyrrole nitrogens is 1. The van der Waals surface area contributed by atoms with E-state index in [1.165, 1.54) is 0 Å². The van der Waals surface area contributed by atoms with Crippen molar-refractivity contribution in [3.05, 3.63) is 15.4 Å². The zero-order valence-corrected chi connectivity index (χ0v) is 11.0. The molecule has 16 heavy (non-hydrogen) atoms. The predicted octanol–water partition coefficient (Wildman–Crippen LogP) is -0.240. The molecule has 0 spiro atoms. The SMILES string of the molecule is Cc1[nH]c(=O)sc1S(=O)(=O)NCC(C)(C)N. The molecule has 0 aliphatic rings. The second-order valence-electron chi connectivity index (χ2n) is 4.24. The number of nitrogens with one attached hydrogen (secondary N) is 2. The third kappa shape index (κ3) is 3.41. The fourth-order valence-corrected chi connectivity index (χ4v) is 3.56. The molecule has 0 aliphatic carbocycles. The van der Waals surface area contributed by atoms with Gasteiger partial charge in [0.25, 0.3) is 10.0 Å². The Bertz CT molecular complexity index is 521. The Morgan fingerprint density at radius 2 is 2.06 bits per heavy atom. The van der Waals surface area contributed by atoms with Crippen molar-refractivity contribution in [2.75, 3.05) is 6.54 Å². The van der Waals surface area contributed by atoms with Gasteiger partial charge in [0.05, 0.1) is 0 Å². The molecule has 0 saturated heterocycles. The molecule has 0 atom stereocenters. The van der Waals surface area contributed by atoms with Crippen LogP contribution in [0.15, 0.2) is 9.00 Å². The van der Waals surface area contributed by atoms with Crippen LogP contribution in [0, 0.1) is 6.92 Å². The van der Waals surface area contributed by atoms with Crippen LogP contribution in [-0.2, 0) is 10.0 Å². The standard InChI is InChI=1S/C8H15N3O3S2/c1-5-6(15-7(12)11-5)16(13,14)10-4-8(2,3)9/h10H,4,9H2,1-3H3,(H,11,12). The van der Waals surface area contributed by atoms with Crippen molar-refractivity contribution in [2.45, 2.75) is 30.5 Å². The number of hydrogen-bond donors (Lipinski definition) is 3. The molecule has 1 heterocycles. The normalized spacial score (nSPS) is 13.0. The molecule has 0 radical (unpaired) electrons. The van der Waals surface area contributed by atoms with E-state index in [4.69, 9.17) is 5.73 Å². The minimum Gasteiger partial charge on any atom is -0.324 e. The molecule has 0 fully saturated rings. The number of aromatic nitrogens is 1. The van der Waals surface area contributed by atoms with E-state index >= 15 is 0 Å². The van der Waals surface area contributed by atoms with E-state index in [0.29, 0.717) is 17.0 Å². The number of nitrogens with two attached hydrogens (primary N) is 1. The molecule has 6 nitrogen and oxygen atoms in total. The van der Waals surface area contributed by atoms with E-state index < -0.39 is 15.6 Å². The number of thiazole rings is 1. The topological polar surface area (TPSA) is 105 Å². The number of sulfonamides is 1. The van der Waals surface area contributed by atoms with E-state index in [0.717, 1.165) is 0 Å². The lowest BCUT2D eigenvalue weighted by Gasteiger charge is -2.18. The summed E-state index contributed by atoms with van der Waals surface area (Å²) in [4.78, 5) is 13.0. The van der Waals surface area contributed by atoms with Crippen LogP contribution >= 0.6 is 11.3 Å². The summed E-state index contributed by atoms with van der Waals surface area (Å²) in [5.41, 5.74) is 5.38. The van der Waals surface area contributed by atoms with Gasteiger partial charge in [-0.2, -0.15) is 0 Å². The second-order valence-corrected chi connectivity index (χ2v) is 7.19. The lowest BCUT2D eigenvalue weighted by atomic mass is 10.1. The van der Waals surface area contributed by atoms with Gasteiger partial charge in [-0.25, -0.2) is 13.1 Å². The van der Waals surface area contributed by atoms with E-state index in [2.05, 4.69) is 9.71 Å². The van der Waals surface area contributed by atoms with Crippen LogP contribution in [0.5, 0.6) is 0 Å². The highest BCUT2D eigenvalue weighted by atomic mass is 32.2. The van der Waals surface area contributed by atoms with Crippen LogP contribution < -0.4 is 15.3 Å². The van der Waals surface area contributed by atoms with Crippen LogP contribution in [0.3, 0.4) is 0 Å². The maximum Gasteiger partial charge on any atom is 0.305 e. The second kappa shape index (κ2) is 4.28. The molecule has 0 aromatic carbocycles. The van der Waals surface area contributed by atoms with Crippen LogP contribution in [0.2, 0.25) is 0 Å². The van der Waals surface area contributed by atoms with Gasteiger partial charge in [0, 0.05) is 17.8 Å². The molecule has 1 aromatic rings. The highest BCUT2D eigenvalue weighted by molar-refractivity contribution is 7.91. The van der Waals surface area contributed by atoms with Gasteiger partial charge in [-0.3, -0.25) is 4.79 Å². The minimum absolute atomic E-state index is 0.0155. The quantitative estimate of drug-likeness (QED) is 0.698. The Morgan fingerprint density at radius 1 is 1.50 bits per heavy atom. The highest BCUT2D eigenvalue weighted by Gasteiger charge is 2.22. The summed E-state index contributed by atoms with van der Waals surface area (Å²) in [6.45, 7) is 5.07. The number of aryl methyl sites for hydroxylation is 1. The summed E-state index contributed by atoms with van der Waals surface area (Å²) >= 11 is 0.669. The number of rotatable bonds is 4. The van der Waals surface area contributed by atoms with Gasteiger partial charge in [-0.15, -0.1) is 0 Å². The fourth-order valence-electron chi connectivity index (χ4n) is 0.993. The third-order valence-electron chi connectivity index (χ3n) is 1.74. The first-order valence-electron chi connectivity index (χ1n) is 4.60. The maximum atomic E-state index is 11.8. The molecule has 1 rings (SSSR count). The lowest BCUT2D eigenvalue weighted by molar-refractivity contribution is 0.498. The maximum absolute atomic E-state index is 11.8. The molecule has 0 saturated carbocycles. The molecule has 0 aliphatic heterocycles. The summed E-state index contributed by atoms with van der Waals surface area (Å²) in [5.74, 6) is 0. The first-order chi connectivity index (χ1) is 7.12. The van der Waals surface area contributed by atoms with Crippen molar-refractivity contribution in [1.29, 1.82) is 0 Å². The van der Waals surface area contributed by atoms with Crippen molar-refractivity contribution in [2.24, 2.45) is 5.73 Å². The minimum atomic E-state index is -3.65. The van der Waals surface area contributed by atoms with Crippen LogP contribution in [-0.4, -0.2) is 25.5 Å². The van der Waals surface area contributed by atoms with Gasteiger partial charge in [0.1, 0.15) is 0 Å². The molecular formula is C8H15N3O3S2. The number of hydrogen-bond acceptors (Lipinski definition) is 5. The third-order valence-corrected chi connectivity index (χ3v) is 4.75. The molecule has 8 heteroatoms. The average Bonchev–Trinajstić information content (AvgIpc) is 2.42. The van der Waals surface area contributed by atoms with Crippen LogP contribution in [0.4, 0.5) is 0 Å². The first-order valence-corrected chi connectivity index (χ1v) is 6.90. The van der Waals surface area contributed by atoms with Gasteiger partial charge in [0.2, 0.25) is 0 Å². The van der Waals surface area contributed by atoms with E-state index in [9.17, 15) is 13.2 Å². The molecule has 92 valence electrons. The van der Waals surface area contributed by atoms with Crippen molar-refractivity contribution >= 4 is 21.4 Å². The zero-order valence-electron chi connectivity index (χ0n) is 9.33. The Hall–Kier alpha value is -0.700. The predicted molar refractivity (Wildman–Crippen MR) is 63.1 cm³/mol. The van der Waals surface area contributed by atoms with E-state index in [1.807, 2.05) is 0 Å². The monoisotopic (exact) mass is 265 g/mol. The lowest BCUT2D eigenvalue weighted by Crippen LogP contribution is -2.44. The molecular weight excluding hydrogens is 250 g/mol. The van der Waals surface area contributed by atoms with Crippen molar-refractivity contribution in [3.63, 3.8) is 0 Å². The van der Waals surface area contributed by atoms with Gasteiger partial charge in [-0.1, -0.05) is 11.3 Å². The van der Waals surface area contributed by atoms with Crippen LogP contribution in [0.1, 0.15) is 19.5 Å². The summed E-state index contributed by atoms with van der Waals surface area (Å²) in [5, 5.41) is 0. The van der Waals surface area contributed by atoms with Crippen LogP contribution in [0.25, 0.3) is 0 Å². The van der Waals surface area contributed by atoms with E-state index in [1.54, 1.807) is 20.8 Å². The summed E-state index contributed by atoms with van der Waals surface area (Å²) in [6, 6.07) is 0. The smallest absolute Gasteiger partial charge is 0.305 e. The molecule has 0 amide bonds. The number of aromatic amines is 1. The zero-order chi connectivity index (χ0) is 12.6. The van der Waals surface area contributed by atoms with Gasteiger partial charge < -0.3 is 10.7 Å². The van der Waals surface area contributed by atoms with Crippen molar-refractivity contribution < 1.29 is 8.42 Å². The molecule has 4 N–H and O–H groups in total. The Kier molecular flexibility index (Phi) is 3.58. The Morgan fingerprint density at radius 3 is 2.44 bits per heavy atom. The highest BCUT2D eigenvalue weighted by Crippen LogP contribution is 2.15. The Labute approximate surface area is 97.9 Å². The van der Waals surface area contributed by atoms with Gasteiger partial charge in [0.15, 0.2) is 4.21 Å². The van der Waals surface area contributed by atoms with Crippen molar-refractivity contribution in [3.8, 4) is 0 Å². The molecule has 0 unspecified atom stereocenters. The molecule has 1 aromatic heterocycles. The summed E-state index contributed by atoms with van der Waals surface area (Å²) in [6.07, 6.45) is 0. The first kappa shape index (κ1) is 13.4. The van der Waals surface area contributed by atoms with Crippen molar-refractivity contribution in [1.82, 2.24) is 9.71 Å². The fraction of sp³-hybridized carbons (Fsp3) is 0.625. The molecule has 0 bridgehead atoms. The van der Waals surface area contributed by atoms with Gasteiger partial charge >= 0.3 is 4.87 Å². The largest absolute Gasteiger partial charge is 0.324 e. The average molecular weight is 265 g/mol. The summed E-state index contributed by atoms with van der Waals surface area (Å²) < 4.78 is 26.0.